The van der Waals surface area contributed by atoms with Gasteiger partial charge in [0.2, 0.25) is 5.91 Å². The third-order valence-electron chi connectivity index (χ3n) is 4.68. The van der Waals surface area contributed by atoms with Crippen molar-refractivity contribution in [3.63, 3.8) is 0 Å². The summed E-state index contributed by atoms with van der Waals surface area (Å²) in [5.74, 6) is -0.335. The Morgan fingerprint density at radius 1 is 1.42 bits per heavy atom. The lowest BCUT2D eigenvalue weighted by Crippen LogP contribution is -2.53. The normalized spacial score (nSPS) is 22.7. The molecule has 0 radical (unpaired) electrons. The Morgan fingerprint density at radius 2 is 2.27 bits per heavy atom. The molecule has 1 aliphatic carbocycles. The Morgan fingerprint density at radius 3 is 2.92 bits per heavy atom. The molecule has 2 amide bonds. The second-order valence-electron chi connectivity index (χ2n) is 6.78. The number of morpholine rings is 1. The zero-order valence-corrected chi connectivity index (χ0v) is 14.5. The van der Waals surface area contributed by atoms with E-state index < -0.39 is 12.1 Å². The lowest BCUT2D eigenvalue weighted by atomic mass is 10.00. The van der Waals surface area contributed by atoms with Gasteiger partial charge < -0.3 is 15.0 Å². The minimum Gasteiger partial charge on any atom is -0.356 e. The molecule has 136 valence electrons. The number of nitrogens with one attached hydrogen (secondary N) is 1. The van der Waals surface area contributed by atoms with Gasteiger partial charge in [0.1, 0.15) is 6.61 Å². The van der Waals surface area contributed by atoms with Gasteiger partial charge >= 0.3 is 0 Å². The van der Waals surface area contributed by atoms with Crippen molar-refractivity contribution in [2.24, 2.45) is 7.05 Å². The molecule has 2 fully saturated rings. The highest BCUT2D eigenvalue weighted by Gasteiger charge is 2.42. The molecule has 3 heterocycles. The maximum Gasteiger partial charge on any atom is 0.254 e. The molecule has 2 aromatic rings. The Labute approximate surface area is 151 Å². The number of amides is 2. The molecule has 0 bridgehead atoms. The molecule has 4 rings (SSSR count). The number of hydrogen-bond acceptors (Lipinski definition) is 5. The lowest BCUT2D eigenvalue weighted by Gasteiger charge is -2.35. The highest BCUT2D eigenvalue weighted by molar-refractivity contribution is 5.86. The van der Waals surface area contributed by atoms with Crippen LogP contribution in [0, 0.1) is 0 Å². The molecule has 2 aromatic heterocycles. The van der Waals surface area contributed by atoms with Crippen molar-refractivity contribution in [2.75, 3.05) is 6.61 Å². The minimum absolute atomic E-state index is 0.106. The number of nitrogens with zero attached hydrogens (tertiary/aromatic N) is 4. The van der Waals surface area contributed by atoms with Gasteiger partial charge in [-0.25, -0.2) is 0 Å². The van der Waals surface area contributed by atoms with Crippen LogP contribution < -0.4 is 5.32 Å². The summed E-state index contributed by atoms with van der Waals surface area (Å²) in [4.78, 5) is 31.1. The van der Waals surface area contributed by atoms with E-state index in [1.165, 1.54) is 0 Å². The molecule has 1 N–H and O–H groups in total. The van der Waals surface area contributed by atoms with Crippen molar-refractivity contribution >= 4 is 11.8 Å². The fourth-order valence-corrected chi connectivity index (χ4v) is 3.27. The summed E-state index contributed by atoms with van der Waals surface area (Å²) in [5.41, 5.74) is 1.74. The van der Waals surface area contributed by atoms with Crippen LogP contribution in [0.25, 0.3) is 0 Å². The fraction of sp³-hybridized carbons (Fsp3) is 0.444. The van der Waals surface area contributed by atoms with E-state index in [4.69, 9.17) is 4.74 Å². The summed E-state index contributed by atoms with van der Waals surface area (Å²) in [6.45, 7) is 0.378. The molecular formula is C18H21N5O3. The van der Waals surface area contributed by atoms with Crippen LogP contribution in [0.3, 0.4) is 0 Å². The van der Waals surface area contributed by atoms with Gasteiger partial charge in [0.15, 0.2) is 6.10 Å². The lowest BCUT2D eigenvalue weighted by molar-refractivity contribution is -0.156. The van der Waals surface area contributed by atoms with E-state index in [0.29, 0.717) is 6.54 Å². The zero-order chi connectivity index (χ0) is 18.1. The van der Waals surface area contributed by atoms with Crippen LogP contribution in [-0.4, -0.2) is 50.2 Å². The molecular weight excluding hydrogens is 334 g/mol. The maximum atomic E-state index is 13.3. The van der Waals surface area contributed by atoms with Crippen molar-refractivity contribution in [2.45, 2.75) is 37.6 Å². The quantitative estimate of drug-likeness (QED) is 0.847. The van der Waals surface area contributed by atoms with Gasteiger partial charge in [-0.15, -0.1) is 0 Å². The van der Waals surface area contributed by atoms with Crippen LogP contribution in [0.2, 0.25) is 0 Å². The van der Waals surface area contributed by atoms with E-state index in [1.807, 2.05) is 24.2 Å². The van der Waals surface area contributed by atoms with Crippen molar-refractivity contribution < 1.29 is 14.3 Å². The molecule has 2 atom stereocenters. The largest absolute Gasteiger partial charge is 0.356 e. The van der Waals surface area contributed by atoms with E-state index in [1.54, 1.807) is 29.3 Å². The highest BCUT2D eigenvalue weighted by Crippen LogP contribution is 2.32. The smallest absolute Gasteiger partial charge is 0.254 e. The summed E-state index contributed by atoms with van der Waals surface area (Å²) < 4.78 is 7.39. The van der Waals surface area contributed by atoms with Gasteiger partial charge in [0, 0.05) is 43.8 Å². The van der Waals surface area contributed by atoms with E-state index in [2.05, 4.69) is 15.4 Å². The number of pyridine rings is 1. The average Bonchev–Trinajstić information content (AvgIpc) is 3.41. The first-order chi connectivity index (χ1) is 12.6. The van der Waals surface area contributed by atoms with E-state index in [0.717, 1.165) is 24.0 Å². The van der Waals surface area contributed by atoms with Gasteiger partial charge in [-0.2, -0.15) is 5.10 Å². The first-order valence-corrected chi connectivity index (χ1v) is 8.70. The Balaban J connectivity index is 1.57. The first kappa shape index (κ1) is 16.7. The Bertz CT molecular complexity index is 802. The van der Waals surface area contributed by atoms with Crippen LogP contribution >= 0.6 is 0 Å². The average molecular weight is 355 g/mol. The van der Waals surface area contributed by atoms with Gasteiger partial charge in [0.25, 0.3) is 5.91 Å². The Hall–Kier alpha value is -2.74. The number of carbonyl (C=O) groups excluding carboxylic acids is 2. The molecule has 26 heavy (non-hydrogen) atoms. The molecule has 8 heteroatoms. The maximum absolute atomic E-state index is 13.3. The number of rotatable bonds is 5. The highest BCUT2D eigenvalue weighted by atomic mass is 16.5. The van der Waals surface area contributed by atoms with Gasteiger partial charge in [-0.05, 0) is 24.5 Å². The van der Waals surface area contributed by atoms with Gasteiger partial charge in [-0.3, -0.25) is 19.3 Å². The topological polar surface area (TPSA) is 89.4 Å². The standard InChI is InChI=1S/C18H21N5O3/c1-22-9-12(7-20-22)10-23(14-4-5-14)18(25)17-16(21-15(24)11-26-17)13-3-2-6-19-8-13/h2-3,6-9,14,16-17H,4-5,10-11H2,1H3,(H,21,24)/t16-,17+/m1/s1. The zero-order valence-electron chi connectivity index (χ0n) is 14.5. The van der Waals surface area contributed by atoms with Gasteiger partial charge in [-0.1, -0.05) is 6.07 Å². The van der Waals surface area contributed by atoms with Crippen molar-refractivity contribution in [1.29, 1.82) is 0 Å². The van der Waals surface area contributed by atoms with Crippen LogP contribution in [0.1, 0.15) is 30.0 Å². The molecule has 8 nitrogen and oxygen atoms in total. The molecule has 1 saturated carbocycles. The number of carbonyl (C=O) groups is 2. The van der Waals surface area contributed by atoms with Crippen molar-refractivity contribution in [1.82, 2.24) is 25.0 Å². The van der Waals surface area contributed by atoms with Crippen LogP contribution in [-0.2, 0) is 27.9 Å². The summed E-state index contributed by atoms with van der Waals surface area (Å²) in [7, 11) is 1.85. The van der Waals surface area contributed by atoms with Crippen LogP contribution in [0.15, 0.2) is 36.9 Å². The summed E-state index contributed by atoms with van der Waals surface area (Å²) in [5, 5.41) is 7.05. The first-order valence-electron chi connectivity index (χ1n) is 8.70. The summed E-state index contributed by atoms with van der Waals surface area (Å²) in [6.07, 6.45) is 8.21. The minimum atomic E-state index is -0.755. The molecule has 0 unspecified atom stereocenters. The Kier molecular flexibility index (Phi) is 4.42. The third-order valence-corrected chi connectivity index (χ3v) is 4.68. The number of ether oxygens (including phenoxy) is 1. The fourth-order valence-electron chi connectivity index (χ4n) is 3.27. The monoisotopic (exact) mass is 355 g/mol. The number of hydrogen-bond donors (Lipinski definition) is 1. The van der Waals surface area contributed by atoms with E-state index in [-0.39, 0.29) is 24.5 Å². The number of aromatic nitrogens is 3. The second kappa shape index (κ2) is 6.87. The molecule has 0 aromatic carbocycles. The molecule has 1 saturated heterocycles. The second-order valence-corrected chi connectivity index (χ2v) is 6.78. The molecule has 0 spiro atoms. The SMILES string of the molecule is Cn1cc(CN(C(=O)[C@H]2OCC(=O)N[C@@H]2c2cccnc2)C2CC2)cn1. The third kappa shape index (κ3) is 3.45. The van der Waals surface area contributed by atoms with Crippen LogP contribution in [0.4, 0.5) is 0 Å². The number of aryl methyl sites for hydroxylation is 1. The predicted octanol–water partition coefficient (Wildman–Crippen LogP) is 0.562. The van der Waals surface area contributed by atoms with Crippen molar-refractivity contribution in [3.8, 4) is 0 Å². The van der Waals surface area contributed by atoms with Crippen molar-refractivity contribution in [3.05, 3.63) is 48.0 Å². The van der Waals surface area contributed by atoms with Crippen LogP contribution in [0.5, 0.6) is 0 Å². The molecule has 1 aliphatic heterocycles. The summed E-state index contributed by atoms with van der Waals surface area (Å²) in [6, 6.07) is 3.31. The predicted molar refractivity (Wildman–Crippen MR) is 91.6 cm³/mol. The van der Waals surface area contributed by atoms with E-state index >= 15 is 0 Å². The molecule has 2 aliphatic rings. The van der Waals surface area contributed by atoms with Gasteiger partial charge in [0.05, 0.1) is 12.2 Å². The van der Waals surface area contributed by atoms with E-state index in [9.17, 15) is 9.59 Å². The summed E-state index contributed by atoms with van der Waals surface area (Å²) >= 11 is 0.